The Kier molecular flexibility index (Phi) is 3.06. The molecule has 0 atom stereocenters. The molecule has 1 N–H and O–H groups in total. The van der Waals surface area contributed by atoms with E-state index in [1.165, 1.54) is 4.52 Å². The number of halogens is 1. The molecule has 0 aliphatic rings. The lowest BCUT2D eigenvalue weighted by atomic mass is 10.1. The van der Waals surface area contributed by atoms with Gasteiger partial charge in [0.25, 0.3) is 11.3 Å². The van der Waals surface area contributed by atoms with Crippen LogP contribution in [-0.4, -0.2) is 19.6 Å². The second-order valence-electron chi connectivity index (χ2n) is 4.74. The van der Waals surface area contributed by atoms with Crippen molar-refractivity contribution in [3.05, 3.63) is 62.3 Å². The average molecular weight is 289 g/mol. The summed E-state index contributed by atoms with van der Waals surface area (Å²) in [6.07, 6.45) is 0.595. The van der Waals surface area contributed by atoms with Gasteiger partial charge in [0.1, 0.15) is 5.82 Å². The van der Waals surface area contributed by atoms with Crippen LogP contribution in [0.4, 0.5) is 0 Å². The zero-order valence-electron chi connectivity index (χ0n) is 11.1. The molecule has 0 spiro atoms. The van der Waals surface area contributed by atoms with Crippen molar-refractivity contribution in [2.45, 2.75) is 20.3 Å². The first-order valence-corrected chi connectivity index (χ1v) is 6.61. The van der Waals surface area contributed by atoms with E-state index in [-0.39, 0.29) is 5.56 Å². The van der Waals surface area contributed by atoms with E-state index in [0.29, 0.717) is 34.3 Å². The summed E-state index contributed by atoms with van der Waals surface area (Å²) in [6, 6.07) is 7.53. The Morgan fingerprint density at radius 1 is 1.20 bits per heavy atom. The fraction of sp³-hybridized carbons (Fsp3) is 0.214. The van der Waals surface area contributed by atoms with E-state index in [2.05, 4.69) is 15.1 Å². The molecule has 1 aromatic carbocycles. The third-order valence-electron chi connectivity index (χ3n) is 3.29. The third kappa shape index (κ3) is 2.20. The van der Waals surface area contributed by atoms with E-state index in [4.69, 9.17) is 11.6 Å². The van der Waals surface area contributed by atoms with Gasteiger partial charge in [0.15, 0.2) is 0 Å². The van der Waals surface area contributed by atoms with E-state index < -0.39 is 0 Å². The number of aryl methyl sites for hydroxylation is 1. The quantitative estimate of drug-likeness (QED) is 0.787. The molecule has 0 fully saturated rings. The highest BCUT2D eigenvalue weighted by molar-refractivity contribution is 6.30. The topological polar surface area (TPSA) is 63.1 Å². The molecule has 2 aromatic heterocycles. The molecule has 6 heteroatoms. The summed E-state index contributed by atoms with van der Waals surface area (Å²) >= 11 is 5.86. The van der Waals surface area contributed by atoms with Crippen LogP contribution in [0.1, 0.15) is 22.6 Å². The Labute approximate surface area is 120 Å². The van der Waals surface area contributed by atoms with Crippen LogP contribution < -0.4 is 5.56 Å². The number of aromatic nitrogens is 4. The first-order chi connectivity index (χ1) is 9.54. The Morgan fingerprint density at radius 3 is 2.60 bits per heavy atom. The minimum atomic E-state index is -0.109. The molecule has 0 radical (unpaired) electrons. The average Bonchev–Trinajstić information content (AvgIpc) is 2.81. The van der Waals surface area contributed by atoms with Crippen molar-refractivity contribution in [2.24, 2.45) is 0 Å². The SMILES string of the molecule is Cc1nc2nc(Cc3ccc(Cl)cc3)[nH]n2c(=O)c1C. The maximum Gasteiger partial charge on any atom is 0.277 e. The summed E-state index contributed by atoms with van der Waals surface area (Å²) < 4.78 is 1.38. The number of fused-ring (bicyclic) bond motifs is 1. The smallest absolute Gasteiger partial charge is 0.275 e. The fourth-order valence-corrected chi connectivity index (χ4v) is 2.15. The molecule has 3 aromatic rings. The molecule has 0 saturated heterocycles. The fourth-order valence-electron chi connectivity index (χ4n) is 2.02. The van der Waals surface area contributed by atoms with Gasteiger partial charge in [-0.1, -0.05) is 23.7 Å². The molecule has 0 aliphatic heterocycles. The molecule has 20 heavy (non-hydrogen) atoms. The number of benzene rings is 1. The molecule has 102 valence electrons. The minimum absolute atomic E-state index is 0.109. The van der Waals surface area contributed by atoms with Gasteiger partial charge in [-0.05, 0) is 31.5 Å². The normalized spacial score (nSPS) is 11.2. The van der Waals surface area contributed by atoms with Crippen molar-refractivity contribution in [2.75, 3.05) is 0 Å². The van der Waals surface area contributed by atoms with E-state index >= 15 is 0 Å². The molecule has 0 aliphatic carbocycles. The Morgan fingerprint density at radius 2 is 1.90 bits per heavy atom. The van der Waals surface area contributed by atoms with Gasteiger partial charge in [-0.2, -0.15) is 9.50 Å². The third-order valence-corrected chi connectivity index (χ3v) is 3.55. The van der Waals surface area contributed by atoms with Crippen molar-refractivity contribution in [3.8, 4) is 0 Å². The number of hydrogen-bond donors (Lipinski definition) is 1. The number of rotatable bonds is 2. The summed E-state index contributed by atoms with van der Waals surface area (Å²) in [7, 11) is 0. The van der Waals surface area contributed by atoms with Crippen molar-refractivity contribution >= 4 is 17.4 Å². The molecule has 0 bridgehead atoms. The lowest BCUT2D eigenvalue weighted by Gasteiger charge is -1.98. The van der Waals surface area contributed by atoms with E-state index in [0.717, 1.165) is 5.56 Å². The standard InChI is InChI=1S/C14H13ClN4O/c1-8-9(2)16-14-17-12(18-19(14)13(8)20)7-10-3-5-11(15)6-4-10/h3-6H,7H2,1-2H3,(H,16,17,18). The van der Waals surface area contributed by atoms with Crippen molar-refractivity contribution in [3.63, 3.8) is 0 Å². The summed E-state index contributed by atoms with van der Waals surface area (Å²) in [5.41, 5.74) is 2.29. The second kappa shape index (κ2) is 4.76. The zero-order chi connectivity index (χ0) is 14.3. The summed E-state index contributed by atoms with van der Waals surface area (Å²) in [6.45, 7) is 3.57. The maximum absolute atomic E-state index is 12.1. The van der Waals surface area contributed by atoms with Crippen molar-refractivity contribution in [1.29, 1.82) is 0 Å². The molecular weight excluding hydrogens is 276 g/mol. The maximum atomic E-state index is 12.1. The number of aromatic amines is 1. The predicted molar refractivity (Wildman–Crippen MR) is 77.3 cm³/mol. The number of hydrogen-bond acceptors (Lipinski definition) is 3. The number of H-pyrrole nitrogens is 1. The van der Waals surface area contributed by atoms with Crippen LogP contribution in [0.5, 0.6) is 0 Å². The highest BCUT2D eigenvalue weighted by Crippen LogP contribution is 2.12. The van der Waals surface area contributed by atoms with Crippen LogP contribution in [0.15, 0.2) is 29.1 Å². The minimum Gasteiger partial charge on any atom is -0.275 e. The van der Waals surface area contributed by atoms with Crippen LogP contribution in [0, 0.1) is 13.8 Å². The molecule has 0 unspecified atom stereocenters. The Hall–Kier alpha value is -2.14. The van der Waals surface area contributed by atoms with E-state index in [1.807, 2.05) is 31.2 Å². The summed E-state index contributed by atoms with van der Waals surface area (Å²) in [5, 5.41) is 3.69. The van der Waals surface area contributed by atoms with Crippen LogP contribution >= 0.6 is 11.6 Å². The monoisotopic (exact) mass is 288 g/mol. The predicted octanol–water partition coefficient (Wildman–Crippen LogP) is 2.28. The largest absolute Gasteiger partial charge is 0.277 e. The first-order valence-electron chi connectivity index (χ1n) is 6.24. The van der Waals surface area contributed by atoms with E-state index in [9.17, 15) is 4.79 Å². The number of nitrogens with zero attached hydrogens (tertiary/aromatic N) is 3. The van der Waals surface area contributed by atoms with Gasteiger partial charge in [0.05, 0.1) is 0 Å². The Bertz CT molecular complexity index is 833. The Balaban J connectivity index is 2.03. The lowest BCUT2D eigenvalue weighted by molar-refractivity contribution is 0.846. The van der Waals surface area contributed by atoms with Crippen LogP contribution in [0.3, 0.4) is 0 Å². The molecule has 5 nitrogen and oxygen atoms in total. The van der Waals surface area contributed by atoms with Gasteiger partial charge in [-0.3, -0.25) is 9.89 Å². The summed E-state index contributed by atoms with van der Waals surface area (Å²) in [5.74, 6) is 1.10. The van der Waals surface area contributed by atoms with Gasteiger partial charge in [0.2, 0.25) is 0 Å². The molecule has 0 amide bonds. The second-order valence-corrected chi connectivity index (χ2v) is 5.17. The highest BCUT2D eigenvalue weighted by atomic mass is 35.5. The van der Waals surface area contributed by atoms with Crippen LogP contribution in [-0.2, 0) is 6.42 Å². The van der Waals surface area contributed by atoms with Gasteiger partial charge >= 0.3 is 0 Å². The zero-order valence-corrected chi connectivity index (χ0v) is 11.9. The van der Waals surface area contributed by atoms with Crippen LogP contribution in [0.25, 0.3) is 5.78 Å². The number of nitrogens with one attached hydrogen (secondary N) is 1. The van der Waals surface area contributed by atoms with Gasteiger partial charge < -0.3 is 0 Å². The molecule has 3 rings (SSSR count). The van der Waals surface area contributed by atoms with Gasteiger partial charge in [-0.15, -0.1) is 0 Å². The lowest BCUT2D eigenvalue weighted by Crippen LogP contribution is -2.19. The van der Waals surface area contributed by atoms with Crippen molar-refractivity contribution in [1.82, 2.24) is 19.6 Å². The first kappa shape index (κ1) is 12.9. The van der Waals surface area contributed by atoms with E-state index in [1.54, 1.807) is 6.92 Å². The highest BCUT2D eigenvalue weighted by Gasteiger charge is 2.10. The molecule has 0 saturated carbocycles. The van der Waals surface area contributed by atoms with Gasteiger partial charge in [0, 0.05) is 22.7 Å². The molecule has 2 heterocycles. The molecular formula is C14H13ClN4O. The van der Waals surface area contributed by atoms with Crippen molar-refractivity contribution < 1.29 is 0 Å². The van der Waals surface area contributed by atoms with Gasteiger partial charge in [-0.25, -0.2) is 4.98 Å². The van der Waals surface area contributed by atoms with Crippen LogP contribution in [0.2, 0.25) is 5.02 Å². The summed E-state index contributed by atoms with van der Waals surface area (Å²) in [4.78, 5) is 20.8.